The summed E-state index contributed by atoms with van der Waals surface area (Å²) >= 11 is 0. The molecule has 0 radical (unpaired) electrons. The second kappa shape index (κ2) is 5.58. The molecule has 98 valence electrons. The number of fused-ring (bicyclic) bond motifs is 1. The average molecular weight is 274 g/mol. The van der Waals surface area contributed by atoms with Crippen LogP contribution in [0.5, 0.6) is 0 Å². The summed E-state index contributed by atoms with van der Waals surface area (Å²) in [5.74, 6) is -0.931. The van der Waals surface area contributed by atoms with Crippen molar-refractivity contribution >= 4 is 27.4 Å². The van der Waals surface area contributed by atoms with Gasteiger partial charge in [-0.1, -0.05) is 0 Å². The zero-order valence-electron chi connectivity index (χ0n) is 9.19. The maximum absolute atomic E-state index is 10.5. The smallest absolute Gasteiger partial charge is 0.397 e. The molecule has 0 saturated heterocycles. The molecule has 2 rings (SSSR count). The van der Waals surface area contributed by atoms with Gasteiger partial charge in [0.15, 0.2) is 0 Å². The highest BCUT2D eigenvalue weighted by molar-refractivity contribution is 7.80. The quantitative estimate of drug-likeness (QED) is 0.687. The second-order valence-electron chi connectivity index (χ2n) is 3.03. The molecule has 9 heteroatoms. The highest BCUT2D eigenvalue weighted by atomic mass is 32.3. The second-order valence-corrected chi connectivity index (χ2v) is 4.22. The van der Waals surface area contributed by atoms with Crippen LogP contribution in [0.2, 0.25) is 0 Å². The Bertz CT molecular complexity index is 648. The van der Waals surface area contributed by atoms with E-state index in [1.807, 2.05) is 0 Å². The number of benzene rings is 1. The average Bonchev–Trinajstić information content (AvgIpc) is 2.75. The molecule has 1 aromatic carbocycles. The van der Waals surface area contributed by atoms with Crippen LogP contribution < -0.4 is 0 Å². The van der Waals surface area contributed by atoms with E-state index < -0.39 is 16.4 Å². The van der Waals surface area contributed by atoms with Crippen LogP contribution in [0, 0.1) is 0 Å². The molecule has 2 aromatic rings. The first-order chi connectivity index (χ1) is 8.33. The summed E-state index contributed by atoms with van der Waals surface area (Å²) < 4.78 is 29.7. The van der Waals surface area contributed by atoms with Crippen LogP contribution in [-0.4, -0.2) is 41.1 Å². The molecule has 8 nitrogen and oxygen atoms in total. The third kappa shape index (κ3) is 4.13. The number of nitrogens with zero attached hydrogens (tertiary/aromatic N) is 1. The normalized spacial score (nSPS) is 10.8. The van der Waals surface area contributed by atoms with Crippen molar-refractivity contribution in [3.05, 3.63) is 30.1 Å². The molecule has 0 spiro atoms. The summed E-state index contributed by atoms with van der Waals surface area (Å²) in [6.07, 6.45) is 1.54. The monoisotopic (exact) mass is 274 g/mol. The number of rotatable bonds is 2. The van der Waals surface area contributed by atoms with Gasteiger partial charge in [0, 0.05) is 0 Å². The largest absolute Gasteiger partial charge is 0.478 e. The topological polar surface area (TPSA) is 130 Å². The number of hydrogen-bond acceptors (Lipinski definition) is 5. The molecule has 0 aliphatic carbocycles. The predicted octanol–water partition coefficient (Wildman–Crippen LogP) is 0.697. The third-order valence-electron chi connectivity index (χ3n) is 1.88. The van der Waals surface area contributed by atoms with E-state index in [2.05, 4.69) is 14.2 Å². The van der Waals surface area contributed by atoms with Crippen molar-refractivity contribution < 1.29 is 27.1 Å². The van der Waals surface area contributed by atoms with Gasteiger partial charge in [0.1, 0.15) is 0 Å². The highest BCUT2D eigenvalue weighted by Crippen LogP contribution is 2.10. The Kier molecular flexibility index (Phi) is 4.37. The number of carboxylic acids is 1. The lowest BCUT2D eigenvalue weighted by Crippen LogP contribution is -1.96. The van der Waals surface area contributed by atoms with Gasteiger partial charge in [0.25, 0.3) is 0 Å². The van der Waals surface area contributed by atoms with Crippen molar-refractivity contribution in [3.63, 3.8) is 0 Å². The predicted molar refractivity (Wildman–Crippen MR) is 61.6 cm³/mol. The molecule has 0 bridgehead atoms. The van der Waals surface area contributed by atoms with E-state index in [9.17, 15) is 13.2 Å². The summed E-state index contributed by atoms with van der Waals surface area (Å²) in [5, 5.41) is 8.64. The SMILES string of the molecule is COS(=O)(=O)O.O=C(O)c1ccc2[nH]cnc2c1. The van der Waals surface area contributed by atoms with E-state index in [0.29, 0.717) is 5.52 Å². The number of carbonyl (C=O) groups is 1. The lowest BCUT2D eigenvalue weighted by Gasteiger charge is -1.92. The minimum Gasteiger partial charge on any atom is -0.478 e. The molecule has 0 unspecified atom stereocenters. The lowest BCUT2D eigenvalue weighted by molar-refractivity contribution is 0.0697. The van der Waals surface area contributed by atoms with Gasteiger partial charge < -0.3 is 10.1 Å². The van der Waals surface area contributed by atoms with Gasteiger partial charge >= 0.3 is 16.4 Å². The number of nitrogens with one attached hydrogen (secondary N) is 1. The summed E-state index contributed by atoms with van der Waals surface area (Å²) in [6.45, 7) is 0. The number of imidazole rings is 1. The molecule has 1 heterocycles. The van der Waals surface area contributed by atoms with Gasteiger partial charge in [-0.2, -0.15) is 8.42 Å². The Morgan fingerprint density at radius 1 is 1.44 bits per heavy atom. The number of hydrogen-bond donors (Lipinski definition) is 3. The van der Waals surface area contributed by atoms with E-state index in [-0.39, 0.29) is 5.56 Å². The van der Waals surface area contributed by atoms with Crippen LogP contribution in [0.1, 0.15) is 10.4 Å². The molecule has 0 saturated carbocycles. The van der Waals surface area contributed by atoms with E-state index in [1.54, 1.807) is 12.1 Å². The van der Waals surface area contributed by atoms with Crippen molar-refractivity contribution in [3.8, 4) is 0 Å². The van der Waals surface area contributed by atoms with Gasteiger partial charge in [0.05, 0.1) is 30.0 Å². The zero-order valence-corrected chi connectivity index (χ0v) is 10.0. The fraction of sp³-hybridized carbons (Fsp3) is 0.111. The number of aromatic amines is 1. The lowest BCUT2D eigenvalue weighted by atomic mass is 10.2. The number of aromatic nitrogens is 2. The van der Waals surface area contributed by atoms with Gasteiger partial charge in [-0.25, -0.2) is 9.78 Å². The van der Waals surface area contributed by atoms with Crippen LogP contribution >= 0.6 is 0 Å². The van der Waals surface area contributed by atoms with Gasteiger partial charge in [-0.15, -0.1) is 0 Å². The van der Waals surface area contributed by atoms with E-state index >= 15 is 0 Å². The Labute approximate surface area is 102 Å². The van der Waals surface area contributed by atoms with Crippen LogP contribution in [0.4, 0.5) is 0 Å². The fourth-order valence-electron chi connectivity index (χ4n) is 1.06. The van der Waals surface area contributed by atoms with Crippen LogP contribution in [0.15, 0.2) is 24.5 Å². The minimum absolute atomic E-state index is 0.259. The van der Waals surface area contributed by atoms with Crippen molar-refractivity contribution in [1.29, 1.82) is 0 Å². The van der Waals surface area contributed by atoms with E-state index in [1.165, 1.54) is 12.4 Å². The van der Waals surface area contributed by atoms with Crippen LogP contribution in [-0.2, 0) is 14.6 Å². The number of carboxylic acid groups (broad SMARTS) is 1. The maximum Gasteiger partial charge on any atom is 0.397 e. The third-order valence-corrected chi connectivity index (χ3v) is 2.30. The summed E-state index contributed by atoms with van der Waals surface area (Å²) in [7, 11) is -3.29. The fourth-order valence-corrected chi connectivity index (χ4v) is 1.06. The summed E-state index contributed by atoms with van der Waals surface area (Å²) in [5.41, 5.74) is 1.78. The molecule has 0 aliphatic rings. The minimum atomic E-state index is -4.16. The maximum atomic E-state index is 10.5. The standard InChI is InChI=1S/C8H6N2O2.CH4O4S/c11-8(12)5-1-2-6-7(3-5)10-4-9-6;1-5-6(2,3)4/h1-4H,(H,9,10)(H,11,12);1H3,(H,2,3,4). The first-order valence-corrected chi connectivity index (χ1v) is 5.89. The van der Waals surface area contributed by atoms with Crippen molar-refractivity contribution in [2.75, 3.05) is 7.11 Å². The molecule has 1 aromatic heterocycles. The Morgan fingerprint density at radius 3 is 2.56 bits per heavy atom. The molecule has 0 fully saturated rings. The molecule has 3 N–H and O–H groups in total. The Balaban J connectivity index is 0.000000232. The highest BCUT2D eigenvalue weighted by Gasteiger charge is 2.03. The van der Waals surface area contributed by atoms with Crippen molar-refractivity contribution in [2.45, 2.75) is 0 Å². The van der Waals surface area contributed by atoms with Crippen LogP contribution in [0.25, 0.3) is 11.0 Å². The van der Waals surface area contributed by atoms with E-state index in [4.69, 9.17) is 9.66 Å². The van der Waals surface area contributed by atoms with Crippen molar-refractivity contribution in [1.82, 2.24) is 9.97 Å². The van der Waals surface area contributed by atoms with E-state index in [0.717, 1.165) is 12.6 Å². The molecule has 18 heavy (non-hydrogen) atoms. The molecule has 0 amide bonds. The molecular formula is C9H10N2O6S. The number of H-pyrrole nitrogens is 1. The van der Waals surface area contributed by atoms with Gasteiger partial charge in [-0.05, 0) is 18.2 Å². The Morgan fingerprint density at radius 2 is 2.06 bits per heavy atom. The molecule has 0 aliphatic heterocycles. The first-order valence-electron chi connectivity index (χ1n) is 4.53. The summed E-state index contributed by atoms with van der Waals surface area (Å²) in [6, 6.07) is 4.78. The van der Waals surface area contributed by atoms with Crippen molar-refractivity contribution in [2.24, 2.45) is 0 Å². The van der Waals surface area contributed by atoms with Gasteiger partial charge in [-0.3, -0.25) is 8.74 Å². The first kappa shape index (κ1) is 14.1. The zero-order chi connectivity index (χ0) is 13.8. The van der Waals surface area contributed by atoms with Gasteiger partial charge in [0.2, 0.25) is 0 Å². The molecule has 0 atom stereocenters. The summed E-state index contributed by atoms with van der Waals surface area (Å²) in [4.78, 5) is 17.4. The Hall–Kier alpha value is -1.97. The number of aromatic carboxylic acids is 1. The van der Waals surface area contributed by atoms with Crippen LogP contribution in [0.3, 0.4) is 0 Å². The molecular weight excluding hydrogens is 264 g/mol.